The molecule has 0 amide bonds. The van der Waals surface area contributed by atoms with Crippen LogP contribution in [0.2, 0.25) is 5.02 Å². The number of hydrogen-bond donors (Lipinski definition) is 2. The normalized spacial score (nSPS) is 14.4. The Labute approximate surface area is 133 Å². The van der Waals surface area contributed by atoms with Crippen molar-refractivity contribution in [3.63, 3.8) is 0 Å². The monoisotopic (exact) mass is 313 g/mol. The molecular formula is C17H28ClNO2. The number of aliphatic hydroxyl groups is 1. The summed E-state index contributed by atoms with van der Waals surface area (Å²) >= 11 is 5.87. The molecule has 21 heavy (non-hydrogen) atoms. The third-order valence-electron chi connectivity index (χ3n) is 3.41. The minimum atomic E-state index is -0.473. The van der Waals surface area contributed by atoms with Crippen molar-refractivity contribution in [3.05, 3.63) is 34.9 Å². The lowest BCUT2D eigenvalue weighted by atomic mass is 10.1. The Balaban J connectivity index is 2.14. The van der Waals surface area contributed by atoms with E-state index in [0.717, 1.165) is 23.6 Å². The summed E-state index contributed by atoms with van der Waals surface area (Å²) in [6.07, 6.45) is 1.75. The topological polar surface area (TPSA) is 41.5 Å². The second-order valence-electron chi connectivity index (χ2n) is 5.95. The summed E-state index contributed by atoms with van der Waals surface area (Å²) in [5, 5.41) is 13.9. The predicted octanol–water partition coefficient (Wildman–Crippen LogP) is 3.80. The van der Waals surface area contributed by atoms with E-state index in [2.05, 4.69) is 26.1 Å². The molecular weight excluding hydrogens is 286 g/mol. The molecule has 0 aromatic heterocycles. The first-order chi connectivity index (χ1) is 9.99. The van der Waals surface area contributed by atoms with Crippen molar-refractivity contribution in [2.45, 2.75) is 45.8 Å². The van der Waals surface area contributed by atoms with Crippen LogP contribution in [0.3, 0.4) is 0 Å². The summed E-state index contributed by atoms with van der Waals surface area (Å²) in [5.41, 5.74) is 1.16. The highest BCUT2D eigenvalue weighted by molar-refractivity contribution is 6.30. The highest BCUT2D eigenvalue weighted by Gasteiger charge is 2.09. The number of nitrogens with one attached hydrogen (secondary N) is 1. The van der Waals surface area contributed by atoms with E-state index < -0.39 is 6.10 Å². The van der Waals surface area contributed by atoms with Crippen LogP contribution < -0.4 is 5.32 Å². The number of aliphatic hydroxyl groups excluding tert-OH is 1. The van der Waals surface area contributed by atoms with Gasteiger partial charge in [0.05, 0.1) is 12.7 Å². The van der Waals surface area contributed by atoms with E-state index >= 15 is 0 Å². The first-order valence-corrected chi connectivity index (χ1v) is 8.11. The maximum absolute atomic E-state index is 9.89. The lowest BCUT2D eigenvalue weighted by Crippen LogP contribution is -2.32. The van der Waals surface area contributed by atoms with E-state index in [4.69, 9.17) is 16.3 Å². The molecule has 0 aliphatic rings. The van der Waals surface area contributed by atoms with Crippen LogP contribution in [0.4, 0.5) is 0 Å². The van der Waals surface area contributed by atoms with Crippen LogP contribution in [0.15, 0.2) is 24.3 Å². The van der Waals surface area contributed by atoms with Crippen LogP contribution in [-0.4, -0.2) is 31.0 Å². The molecule has 0 bridgehead atoms. The molecule has 4 heteroatoms. The molecule has 120 valence electrons. The SMILES string of the molecule is CC(C)CCCOCC(O)CN[C@@H](C)c1ccc(Cl)cc1. The molecule has 0 radical (unpaired) electrons. The van der Waals surface area contributed by atoms with E-state index in [-0.39, 0.29) is 6.04 Å². The number of benzene rings is 1. The second-order valence-corrected chi connectivity index (χ2v) is 6.38. The largest absolute Gasteiger partial charge is 0.389 e. The smallest absolute Gasteiger partial charge is 0.0897 e. The molecule has 1 unspecified atom stereocenters. The Bertz CT molecular complexity index is 381. The van der Waals surface area contributed by atoms with E-state index in [9.17, 15) is 5.11 Å². The van der Waals surface area contributed by atoms with Crippen molar-refractivity contribution < 1.29 is 9.84 Å². The lowest BCUT2D eigenvalue weighted by Gasteiger charge is -2.18. The van der Waals surface area contributed by atoms with Gasteiger partial charge in [0.2, 0.25) is 0 Å². The van der Waals surface area contributed by atoms with Gasteiger partial charge in [0.1, 0.15) is 0 Å². The highest BCUT2D eigenvalue weighted by Crippen LogP contribution is 2.15. The molecule has 1 aromatic carbocycles. The molecule has 2 N–H and O–H groups in total. The molecule has 2 atom stereocenters. The first kappa shape index (κ1) is 18.4. The maximum Gasteiger partial charge on any atom is 0.0897 e. The summed E-state index contributed by atoms with van der Waals surface area (Å²) in [6, 6.07) is 7.92. The molecule has 0 aliphatic heterocycles. The molecule has 1 aromatic rings. The minimum Gasteiger partial charge on any atom is -0.389 e. The Morgan fingerprint density at radius 3 is 2.48 bits per heavy atom. The number of hydrogen-bond acceptors (Lipinski definition) is 3. The summed E-state index contributed by atoms with van der Waals surface area (Å²) in [6.45, 7) is 8.11. The molecule has 3 nitrogen and oxygen atoms in total. The summed E-state index contributed by atoms with van der Waals surface area (Å²) in [5.74, 6) is 0.709. The van der Waals surface area contributed by atoms with Gasteiger partial charge in [-0.1, -0.05) is 37.6 Å². The van der Waals surface area contributed by atoms with Gasteiger partial charge < -0.3 is 15.2 Å². The first-order valence-electron chi connectivity index (χ1n) is 7.73. The Morgan fingerprint density at radius 2 is 1.86 bits per heavy atom. The third-order valence-corrected chi connectivity index (χ3v) is 3.66. The quantitative estimate of drug-likeness (QED) is 0.645. The lowest BCUT2D eigenvalue weighted by molar-refractivity contribution is 0.0337. The summed E-state index contributed by atoms with van der Waals surface area (Å²) in [4.78, 5) is 0. The zero-order valence-electron chi connectivity index (χ0n) is 13.3. The molecule has 0 saturated carbocycles. The van der Waals surface area contributed by atoms with Gasteiger partial charge in [0.15, 0.2) is 0 Å². The van der Waals surface area contributed by atoms with E-state index in [1.165, 1.54) is 6.42 Å². The van der Waals surface area contributed by atoms with Gasteiger partial charge in [-0.15, -0.1) is 0 Å². The molecule has 0 heterocycles. The third kappa shape index (κ3) is 8.42. The predicted molar refractivity (Wildman–Crippen MR) is 88.8 cm³/mol. The standard InChI is InChI=1S/C17H28ClNO2/c1-13(2)5-4-10-21-12-17(20)11-19-14(3)15-6-8-16(18)9-7-15/h6-9,13-14,17,19-20H,4-5,10-12H2,1-3H3/t14-,17?/m0/s1. The Morgan fingerprint density at radius 1 is 1.19 bits per heavy atom. The average molecular weight is 314 g/mol. The van der Waals surface area contributed by atoms with Crippen molar-refractivity contribution in [2.75, 3.05) is 19.8 Å². The van der Waals surface area contributed by atoms with Gasteiger partial charge in [-0.3, -0.25) is 0 Å². The molecule has 0 spiro atoms. The van der Waals surface area contributed by atoms with Crippen molar-refractivity contribution in [2.24, 2.45) is 5.92 Å². The minimum absolute atomic E-state index is 0.179. The van der Waals surface area contributed by atoms with E-state index in [1.807, 2.05) is 24.3 Å². The van der Waals surface area contributed by atoms with Crippen LogP contribution in [-0.2, 0) is 4.74 Å². The van der Waals surface area contributed by atoms with E-state index in [1.54, 1.807) is 0 Å². The van der Waals surface area contributed by atoms with Crippen LogP contribution >= 0.6 is 11.6 Å². The Kier molecular flexibility index (Phi) is 8.93. The fourth-order valence-electron chi connectivity index (χ4n) is 2.05. The van der Waals surface area contributed by atoms with Crippen LogP contribution in [0.5, 0.6) is 0 Å². The van der Waals surface area contributed by atoms with Gasteiger partial charge in [-0.25, -0.2) is 0 Å². The highest BCUT2D eigenvalue weighted by atomic mass is 35.5. The maximum atomic E-state index is 9.89. The van der Waals surface area contributed by atoms with Gasteiger partial charge >= 0.3 is 0 Å². The van der Waals surface area contributed by atoms with Crippen molar-refractivity contribution >= 4 is 11.6 Å². The van der Waals surface area contributed by atoms with Crippen LogP contribution in [0, 0.1) is 5.92 Å². The molecule has 0 fully saturated rings. The van der Waals surface area contributed by atoms with Crippen LogP contribution in [0.1, 0.15) is 45.2 Å². The Hall–Kier alpha value is -0.610. The van der Waals surface area contributed by atoms with Gasteiger partial charge in [-0.05, 0) is 43.4 Å². The van der Waals surface area contributed by atoms with Gasteiger partial charge in [-0.2, -0.15) is 0 Å². The second kappa shape index (κ2) is 10.2. The number of rotatable bonds is 10. The zero-order valence-corrected chi connectivity index (χ0v) is 14.1. The fourth-order valence-corrected chi connectivity index (χ4v) is 2.18. The number of ether oxygens (including phenoxy) is 1. The van der Waals surface area contributed by atoms with E-state index in [0.29, 0.717) is 19.1 Å². The van der Waals surface area contributed by atoms with Crippen molar-refractivity contribution in [1.82, 2.24) is 5.32 Å². The molecule has 0 saturated heterocycles. The average Bonchev–Trinajstić information content (AvgIpc) is 2.44. The number of halogens is 1. The fraction of sp³-hybridized carbons (Fsp3) is 0.647. The van der Waals surface area contributed by atoms with Gasteiger partial charge in [0.25, 0.3) is 0 Å². The van der Waals surface area contributed by atoms with Crippen molar-refractivity contribution in [1.29, 1.82) is 0 Å². The van der Waals surface area contributed by atoms with Crippen molar-refractivity contribution in [3.8, 4) is 0 Å². The van der Waals surface area contributed by atoms with Gasteiger partial charge in [0, 0.05) is 24.2 Å². The summed E-state index contributed by atoms with van der Waals surface area (Å²) in [7, 11) is 0. The molecule has 0 aliphatic carbocycles. The zero-order chi connectivity index (χ0) is 15.7. The molecule has 1 rings (SSSR count). The summed E-state index contributed by atoms with van der Waals surface area (Å²) < 4.78 is 5.49. The van der Waals surface area contributed by atoms with Crippen LogP contribution in [0.25, 0.3) is 0 Å².